The molecule has 0 aliphatic carbocycles. The smallest absolute Gasteiger partial charge is 0.252 e. The van der Waals surface area contributed by atoms with Crippen LogP contribution in [0.1, 0.15) is 33.3 Å². The second-order valence-electron chi connectivity index (χ2n) is 5.29. The fourth-order valence-corrected chi connectivity index (χ4v) is 3.80. The Morgan fingerprint density at radius 1 is 1.57 bits per heavy atom. The van der Waals surface area contributed by atoms with Crippen LogP contribution in [0.15, 0.2) is 18.3 Å². The zero-order valence-electron chi connectivity index (χ0n) is 12.8. The van der Waals surface area contributed by atoms with Gasteiger partial charge in [-0.25, -0.2) is 4.98 Å². The first-order chi connectivity index (χ1) is 11.1. The molecule has 0 aromatic carbocycles. The minimum absolute atomic E-state index is 0.114. The van der Waals surface area contributed by atoms with Gasteiger partial charge in [0.25, 0.3) is 5.91 Å². The topological polar surface area (TPSA) is 95.0 Å². The third kappa shape index (κ3) is 2.85. The van der Waals surface area contributed by atoms with Gasteiger partial charge in [0.05, 0.1) is 17.7 Å². The molecule has 0 fully saturated rings. The molecule has 7 heteroatoms. The van der Waals surface area contributed by atoms with Crippen molar-refractivity contribution in [3.8, 4) is 6.07 Å². The van der Waals surface area contributed by atoms with Gasteiger partial charge >= 0.3 is 0 Å². The van der Waals surface area contributed by atoms with Crippen LogP contribution in [0.5, 0.6) is 0 Å². The zero-order valence-corrected chi connectivity index (χ0v) is 13.6. The number of carbonyl (C=O) groups is 1. The van der Waals surface area contributed by atoms with Crippen LogP contribution in [-0.2, 0) is 13.0 Å². The number of nitrogen functional groups attached to an aromatic ring is 1. The summed E-state index contributed by atoms with van der Waals surface area (Å²) in [4.78, 5) is 19.4. The Hall–Kier alpha value is -2.59. The van der Waals surface area contributed by atoms with Gasteiger partial charge in [-0.15, -0.1) is 11.3 Å². The molecular formula is C16H17N5OS. The first-order valence-electron chi connectivity index (χ1n) is 7.43. The number of anilines is 2. The Kier molecular flexibility index (Phi) is 4.17. The Morgan fingerprint density at radius 3 is 3.04 bits per heavy atom. The fraction of sp³-hybridized carbons (Fsp3) is 0.312. The monoisotopic (exact) mass is 327 g/mol. The highest BCUT2D eigenvalue weighted by Gasteiger charge is 2.24. The second-order valence-corrected chi connectivity index (χ2v) is 6.43. The molecule has 0 spiro atoms. The van der Waals surface area contributed by atoms with Crippen molar-refractivity contribution in [1.82, 2.24) is 10.3 Å². The standard InChI is InChI=1S/C16H17N5OS/c1-2-19-16(22)10-3-4-14(20-8-10)21-6-5-11-12(7-17)15(18)23-13(11)9-21/h3-4,8H,2,5-6,9,18H2,1H3,(H,19,22). The molecule has 0 radical (unpaired) electrons. The van der Waals surface area contributed by atoms with E-state index in [4.69, 9.17) is 5.73 Å². The van der Waals surface area contributed by atoms with Gasteiger partial charge < -0.3 is 16.0 Å². The summed E-state index contributed by atoms with van der Waals surface area (Å²) in [6.07, 6.45) is 2.38. The van der Waals surface area contributed by atoms with E-state index in [1.54, 1.807) is 12.3 Å². The molecule has 1 aliphatic rings. The zero-order chi connectivity index (χ0) is 16.4. The summed E-state index contributed by atoms with van der Waals surface area (Å²) in [6.45, 7) is 3.95. The van der Waals surface area contributed by atoms with Crippen LogP contribution in [-0.4, -0.2) is 24.0 Å². The van der Waals surface area contributed by atoms with Crippen molar-refractivity contribution in [1.29, 1.82) is 5.26 Å². The number of hydrogen-bond donors (Lipinski definition) is 2. The number of amides is 1. The first kappa shape index (κ1) is 15.3. The van der Waals surface area contributed by atoms with Crippen LogP contribution < -0.4 is 16.0 Å². The fourth-order valence-electron chi connectivity index (χ4n) is 2.71. The van der Waals surface area contributed by atoms with Crippen molar-refractivity contribution in [2.45, 2.75) is 19.9 Å². The molecule has 2 aromatic heterocycles. The summed E-state index contributed by atoms with van der Waals surface area (Å²) < 4.78 is 0. The number of thiophene rings is 1. The molecule has 0 bridgehead atoms. The average Bonchev–Trinajstić information content (AvgIpc) is 2.89. The largest absolute Gasteiger partial charge is 0.389 e. The van der Waals surface area contributed by atoms with E-state index < -0.39 is 0 Å². The lowest BCUT2D eigenvalue weighted by molar-refractivity contribution is 0.0955. The summed E-state index contributed by atoms with van der Waals surface area (Å²) in [5, 5.41) is 12.5. The third-order valence-corrected chi connectivity index (χ3v) is 4.91. The lowest BCUT2D eigenvalue weighted by Gasteiger charge is -2.28. The maximum absolute atomic E-state index is 11.8. The summed E-state index contributed by atoms with van der Waals surface area (Å²) in [5.74, 6) is 0.714. The Balaban J connectivity index is 1.79. The number of hydrogen-bond acceptors (Lipinski definition) is 6. The summed E-state index contributed by atoms with van der Waals surface area (Å²) >= 11 is 1.48. The number of nitrogens with two attached hydrogens (primary N) is 1. The van der Waals surface area contributed by atoms with Gasteiger partial charge in [0, 0.05) is 24.2 Å². The van der Waals surface area contributed by atoms with E-state index in [1.807, 2.05) is 13.0 Å². The van der Waals surface area contributed by atoms with Crippen molar-refractivity contribution in [2.24, 2.45) is 0 Å². The molecule has 118 valence electrons. The molecule has 3 rings (SSSR count). The summed E-state index contributed by atoms with van der Waals surface area (Å²) in [6, 6.07) is 5.84. The van der Waals surface area contributed by atoms with E-state index >= 15 is 0 Å². The lowest BCUT2D eigenvalue weighted by atomic mass is 10.0. The van der Waals surface area contributed by atoms with Crippen LogP contribution in [0.25, 0.3) is 0 Å². The highest BCUT2D eigenvalue weighted by Crippen LogP contribution is 2.35. The molecule has 0 unspecified atom stereocenters. The molecule has 6 nitrogen and oxygen atoms in total. The minimum atomic E-state index is -0.114. The van der Waals surface area contributed by atoms with Gasteiger partial charge in [-0.3, -0.25) is 4.79 Å². The SMILES string of the molecule is CCNC(=O)c1ccc(N2CCc3c(sc(N)c3C#N)C2)nc1. The number of pyridine rings is 1. The Bertz CT molecular complexity index is 775. The third-order valence-electron chi connectivity index (χ3n) is 3.87. The highest BCUT2D eigenvalue weighted by molar-refractivity contribution is 7.16. The average molecular weight is 327 g/mol. The van der Waals surface area contributed by atoms with Gasteiger partial charge in [0.2, 0.25) is 0 Å². The van der Waals surface area contributed by atoms with Crippen molar-refractivity contribution >= 4 is 28.1 Å². The van der Waals surface area contributed by atoms with Crippen molar-refractivity contribution in [2.75, 3.05) is 23.7 Å². The highest BCUT2D eigenvalue weighted by atomic mass is 32.1. The molecule has 2 aromatic rings. The van der Waals surface area contributed by atoms with Gasteiger partial charge in [-0.1, -0.05) is 0 Å². The number of carbonyl (C=O) groups excluding carboxylic acids is 1. The number of fused-ring (bicyclic) bond motifs is 1. The molecule has 3 heterocycles. The molecule has 0 saturated heterocycles. The van der Waals surface area contributed by atoms with Crippen LogP contribution in [0, 0.1) is 11.3 Å². The van der Waals surface area contributed by atoms with Crippen LogP contribution >= 0.6 is 11.3 Å². The maximum atomic E-state index is 11.8. The lowest BCUT2D eigenvalue weighted by Crippen LogP contribution is -2.30. The summed E-state index contributed by atoms with van der Waals surface area (Å²) in [5.41, 5.74) is 8.17. The molecule has 0 atom stereocenters. The first-order valence-corrected chi connectivity index (χ1v) is 8.25. The molecule has 1 aliphatic heterocycles. The molecule has 3 N–H and O–H groups in total. The number of nitrogens with zero attached hydrogens (tertiary/aromatic N) is 3. The van der Waals surface area contributed by atoms with Crippen LogP contribution in [0.3, 0.4) is 0 Å². The number of rotatable bonds is 3. The predicted octanol–water partition coefficient (Wildman–Crippen LogP) is 1.91. The second kappa shape index (κ2) is 6.26. The van der Waals surface area contributed by atoms with Crippen LogP contribution in [0.2, 0.25) is 0 Å². The van der Waals surface area contributed by atoms with Gasteiger partial charge in [0.1, 0.15) is 16.9 Å². The van der Waals surface area contributed by atoms with E-state index in [-0.39, 0.29) is 5.91 Å². The molecule has 0 saturated carbocycles. The Morgan fingerprint density at radius 2 is 2.39 bits per heavy atom. The molecule has 1 amide bonds. The van der Waals surface area contributed by atoms with Crippen LogP contribution in [0.4, 0.5) is 10.8 Å². The van der Waals surface area contributed by atoms with E-state index in [2.05, 4.69) is 21.3 Å². The summed E-state index contributed by atoms with van der Waals surface area (Å²) in [7, 11) is 0. The van der Waals surface area contributed by atoms with E-state index in [1.165, 1.54) is 11.3 Å². The van der Waals surface area contributed by atoms with E-state index in [9.17, 15) is 10.1 Å². The molecular weight excluding hydrogens is 310 g/mol. The van der Waals surface area contributed by atoms with Crippen molar-refractivity contribution < 1.29 is 4.79 Å². The van der Waals surface area contributed by atoms with Gasteiger partial charge in [-0.2, -0.15) is 5.26 Å². The van der Waals surface area contributed by atoms with Gasteiger partial charge in [0.15, 0.2) is 0 Å². The maximum Gasteiger partial charge on any atom is 0.252 e. The van der Waals surface area contributed by atoms with Gasteiger partial charge in [-0.05, 0) is 31.0 Å². The number of aromatic nitrogens is 1. The Labute approximate surface area is 138 Å². The van der Waals surface area contributed by atoms with Crippen molar-refractivity contribution in [3.63, 3.8) is 0 Å². The normalized spacial score (nSPS) is 13.3. The minimum Gasteiger partial charge on any atom is -0.389 e. The van der Waals surface area contributed by atoms with E-state index in [0.717, 1.165) is 29.2 Å². The molecule has 23 heavy (non-hydrogen) atoms. The predicted molar refractivity (Wildman–Crippen MR) is 90.4 cm³/mol. The number of nitriles is 1. The quantitative estimate of drug-likeness (QED) is 0.898. The van der Waals surface area contributed by atoms with Crippen molar-refractivity contribution in [3.05, 3.63) is 39.9 Å². The van der Waals surface area contributed by atoms with E-state index in [0.29, 0.717) is 29.2 Å². The number of nitrogens with one attached hydrogen (secondary N) is 1.